The first kappa shape index (κ1) is 14.6. The molecule has 8 heteroatoms. The Labute approximate surface area is 128 Å². The predicted molar refractivity (Wildman–Crippen MR) is 77.6 cm³/mol. The molecule has 1 aliphatic heterocycles. The summed E-state index contributed by atoms with van der Waals surface area (Å²) in [5, 5.41) is 4.24. The minimum absolute atomic E-state index is 0.0111. The summed E-state index contributed by atoms with van der Waals surface area (Å²) in [5.74, 6) is 0.534. The molecule has 8 nitrogen and oxygen atoms in total. The third-order valence-electron chi connectivity index (χ3n) is 3.46. The van der Waals surface area contributed by atoms with Crippen molar-refractivity contribution in [3.05, 3.63) is 30.2 Å². The van der Waals surface area contributed by atoms with E-state index in [1.165, 1.54) is 11.0 Å². The summed E-state index contributed by atoms with van der Waals surface area (Å²) in [6, 6.07) is 0. The van der Waals surface area contributed by atoms with Crippen LogP contribution in [0.4, 0.5) is 0 Å². The summed E-state index contributed by atoms with van der Waals surface area (Å²) in [6.45, 7) is 6.82. The van der Waals surface area contributed by atoms with E-state index >= 15 is 0 Å². The second-order valence-corrected chi connectivity index (χ2v) is 5.45. The average molecular weight is 302 g/mol. The van der Waals surface area contributed by atoms with Crippen molar-refractivity contribution in [3.63, 3.8) is 0 Å². The Kier molecular flexibility index (Phi) is 3.84. The fourth-order valence-electron chi connectivity index (χ4n) is 2.57. The van der Waals surface area contributed by atoms with Gasteiger partial charge in [-0.3, -0.25) is 9.78 Å². The summed E-state index contributed by atoms with van der Waals surface area (Å²) in [7, 11) is 0. The smallest absolute Gasteiger partial charge is 0.293 e. The van der Waals surface area contributed by atoms with Crippen LogP contribution in [0, 0.1) is 6.92 Å². The molecule has 1 amide bonds. The van der Waals surface area contributed by atoms with E-state index in [0.29, 0.717) is 18.9 Å². The zero-order valence-electron chi connectivity index (χ0n) is 12.8. The van der Waals surface area contributed by atoms with Crippen LogP contribution in [0.5, 0.6) is 0 Å². The van der Waals surface area contributed by atoms with Crippen LogP contribution in [-0.2, 0) is 4.74 Å². The molecule has 0 spiro atoms. The highest BCUT2D eigenvalue weighted by Crippen LogP contribution is 2.13. The molecule has 2 aromatic rings. The SMILES string of the molecule is Cc1nccnc1-n1cnc(C(=O)N2CC(C)OC(C)C2)n1. The Morgan fingerprint density at radius 3 is 2.55 bits per heavy atom. The minimum atomic E-state index is -0.192. The number of rotatable bonds is 2. The highest BCUT2D eigenvalue weighted by atomic mass is 16.5. The van der Waals surface area contributed by atoms with Crippen LogP contribution >= 0.6 is 0 Å². The maximum absolute atomic E-state index is 12.5. The molecule has 3 heterocycles. The van der Waals surface area contributed by atoms with Gasteiger partial charge in [0.2, 0.25) is 5.82 Å². The fourth-order valence-corrected chi connectivity index (χ4v) is 2.57. The van der Waals surface area contributed by atoms with Crippen LogP contribution in [0.2, 0.25) is 0 Å². The van der Waals surface area contributed by atoms with Crippen molar-refractivity contribution in [2.75, 3.05) is 13.1 Å². The lowest BCUT2D eigenvalue weighted by Gasteiger charge is -2.34. The Hall–Kier alpha value is -2.35. The summed E-state index contributed by atoms with van der Waals surface area (Å²) in [4.78, 5) is 26.7. The minimum Gasteiger partial charge on any atom is -0.372 e. The monoisotopic (exact) mass is 302 g/mol. The van der Waals surface area contributed by atoms with Gasteiger partial charge >= 0.3 is 0 Å². The van der Waals surface area contributed by atoms with E-state index in [1.54, 1.807) is 17.3 Å². The molecular weight excluding hydrogens is 284 g/mol. The molecule has 0 aliphatic carbocycles. The van der Waals surface area contributed by atoms with Crippen molar-refractivity contribution in [2.45, 2.75) is 33.0 Å². The Morgan fingerprint density at radius 2 is 1.86 bits per heavy atom. The van der Waals surface area contributed by atoms with E-state index in [-0.39, 0.29) is 23.9 Å². The van der Waals surface area contributed by atoms with Crippen molar-refractivity contribution < 1.29 is 9.53 Å². The summed E-state index contributed by atoms with van der Waals surface area (Å²) >= 11 is 0. The number of carbonyl (C=O) groups is 1. The first-order valence-electron chi connectivity index (χ1n) is 7.19. The molecule has 0 N–H and O–H groups in total. The molecule has 2 atom stereocenters. The Bertz CT molecular complexity index is 675. The quantitative estimate of drug-likeness (QED) is 0.808. The topological polar surface area (TPSA) is 86.0 Å². The molecule has 0 saturated carbocycles. The second-order valence-electron chi connectivity index (χ2n) is 5.45. The van der Waals surface area contributed by atoms with Gasteiger partial charge in [0.1, 0.15) is 6.33 Å². The summed E-state index contributed by atoms with van der Waals surface area (Å²) < 4.78 is 7.11. The molecule has 0 aromatic carbocycles. The number of aromatic nitrogens is 5. The lowest BCUT2D eigenvalue weighted by Crippen LogP contribution is -2.48. The third kappa shape index (κ3) is 2.82. The van der Waals surface area contributed by atoms with Crippen molar-refractivity contribution >= 4 is 5.91 Å². The second kappa shape index (κ2) is 5.80. The molecule has 1 saturated heterocycles. The predicted octanol–water partition coefficient (Wildman–Crippen LogP) is 0.615. The van der Waals surface area contributed by atoms with Gasteiger partial charge < -0.3 is 9.64 Å². The Morgan fingerprint density at radius 1 is 1.18 bits per heavy atom. The van der Waals surface area contributed by atoms with Crippen LogP contribution < -0.4 is 0 Å². The molecule has 1 fully saturated rings. The number of morpholine rings is 1. The fraction of sp³-hybridized carbons (Fsp3) is 0.500. The Balaban J connectivity index is 1.82. The van der Waals surface area contributed by atoms with Gasteiger partial charge in [-0.05, 0) is 20.8 Å². The number of aryl methyl sites for hydroxylation is 1. The van der Waals surface area contributed by atoms with E-state index in [4.69, 9.17) is 4.74 Å². The number of carbonyl (C=O) groups excluding carboxylic acids is 1. The van der Waals surface area contributed by atoms with E-state index in [0.717, 1.165) is 5.69 Å². The lowest BCUT2D eigenvalue weighted by atomic mass is 10.2. The van der Waals surface area contributed by atoms with E-state index in [9.17, 15) is 4.79 Å². The van der Waals surface area contributed by atoms with Gasteiger partial charge in [-0.25, -0.2) is 14.6 Å². The first-order valence-corrected chi connectivity index (χ1v) is 7.19. The van der Waals surface area contributed by atoms with Gasteiger partial charge in [-0.15, -0.1) is 5.10 Å². The van der Waals surface area contributed by atoms with Crippen molar-refractivity contribution in [3.8, 4) is 5.82 Å². The number of amides is 1. The molecule has 116 valence electrons. The van der Waals surface area contributed by atoms with Crippen LogP contribution in [0.15, 0.2) is 18.7 Å². The number of hydrogen-bond acceptors (Lipinski definition) is 6. The van der Waals surface area contributed by atoms with Crippen molar-refractivity contribution in [1.82, 2.24) is 29.6 Å². The van der Waals surface area contributed by atoms with Gasteiger partial charge in [0, 0.05) is 25.5 Å². The molecule has 2 unspecified atom stereocenters. The maximum atomic E-state index is 12.5. The van der Waals surface area contributed by atoms with E-state index in [1.807, 2.05) is 20.8 Å². The highest BCUT2D eigenvalue weighted by molar-refractivity contribution is 5.90. The van der Waals surface area contributed by atoms with Crippen LogP contribution in [0.25, 0.3) is 5.82 Å². The number of ether oxygens (including phenoxy) is 1. The van der Waals surface area contributed by atoms with Crippen LogP contribution in [0.3, 0.4) is 0 Å². The van der Waals surface area contributed by atoms with Crippen LogP contribution in [-0.4, -0.2) is 60.8 Å². The molecule has 2 aromatic heterocycles. The van der Waals surface area contributed by atoms with Crippen molar-refractivity contribution in [1.29, 1.82) is 0 Å². The maximum Gasteiger partial charge on any atom is 0.293 e. The van der Waals surface area contributed by atoms with Gasteiger partial charge in [0.25, 0.3) is 5.91 Å². The summed E-state index contributed by atoms with van der Waals surface area (Å²) in [6.07, 6.45) is 4.70. The van der Waals surface area contributed by atoms with E-state index in [2.05, 4.69) is 20.1 Å². The average Bonchev–Trinajstić information content (AvgIpc) is 2.95. The van der Waals surface area contributed by atoms with Gasteiger partial charge in [-0.1, -0.05) is 0 Å². The molecule has 22 heavy (non-hydrogen) atoms. The van der Waals surface area contributed by atoms with Gasteiger partial charge in [-0.2, -0.15) is 0 Å². The normalized spacial score (nSPS) is 21.9. The zero-order valence-corrected chi connectivity index (χ0v) is 12.8. The van der Waals surface area contributed by atoms with Gasteiger partial charge in [0.05, 0.1) is 17.9 Å². The molecule has 0 bridgehead atoms. The zero-order chi connectivity index (χ0) is 15.7. The van der Waals surface area contributed by atoms with Crippen molar-refractivity contribution in [2.24, 2.45) is 0 Å². The molecule has 1 aliphatic rings. The van der Waals surface area contributed by atoms with Crippen LogP contribution in [0.1, 0.15) is 30.2 Å². The molecule has 0 radical (unpaired) electrons. The molecular formula is C14H18N6O2. The number of nitrogens with zero attached hydrogens (tertiary/aromatic N) is 6. The molecule has 3 rings (SSSR count). The largest absolute Gasteiger partial charge is 0.372 e. The van der Waals surface area contributed by atoms with Gasteiger partial charge in [0.15, 0.2) is 5.82 Å². The standard InChI is InChI=1S/C14H18N6O2/c1-9-6-19(7-10(2)22-9)14(21)12-17-8-20(18-12)13-11(3)15-4-5-16-13/h4-5,8-10H,6-7H2,1-3H3. The van der Waals surface area contributed by atoms with E-state index < -0.39 is 0 Å². The first-order chi connectivity index (χ1) is 10.5. The summed E-state index contributed by atoms with van der Waals surface area (Å²) in [5.41, 5.74) is 0.722. The number of hydrogen-bond donors (Lipinski definition) is 0. The third-order valence-corrected chi connectivity index (χ3v) is 3.46. The highest BCUT2D eigenvalue weighted by Gasteiger charge is 2.28. The lowest BCUT2D eigenvalue weighted by molar-refractivity contribution is -0.0588.